The molecule has 4 unspecified atom stereocenters. The molecule has 0 bridgehead atoms. The fraction of sp³-hybridized carbons (Fsp3) is 0.750. The summed E-state index contributed by atoms with van der Waals surface area (Å²) in [6, 6.07) is 0. The van der Waals surface area contributed by atoms with Gasteiger partial charge in [0.05, 0.1) is 12.3 Å². The third kappa shape index (κ3) is 2.07. The fourth-order valence-electron chi connectivity index (χ4n) is 2.67. The molecule has 90 valence electrons. The second kappa shape index (κ2) is 4.45. The van der Waals surface area contributed by atoms with E-state index in [1.54, 1.807) is 6.20 Å². The van der Waals surface area contributed by atoms with Gasteiger partial charge in [-0.3, -0.25) is 5.10 Å². The fourth-order valence-corrected chi connectivity index (χ4v) is 2.67. The molecule has 0 spiro atoms. The van der Waals surface area contributed by atoms with E-state index in [0.29, 0.717) is 17.7 Å². The number of aromatic amines is 1. The van der Waals surface area contributed by atoms with E-state index in [0.717, 1.165) is 24.3 Å². The van der Waals surface area contributed by atoms with Crippen molar-refractivity contribution in [2.45, 2.75) is 39.2 Å². The Kier molecular flexibility index (Phi) is 3.19. The zero-order valence-corrected chi connectivity index (χ0v) is 9.98. The zero-order chi connectivity index (χ0) is 11.7. The molecule has 1 heterocycles. The Hall–Kier alpha value is -1.03. The molecule has 0 aromatic carbocycles. The normalized spacial score (nSPS) is 32.6. The Balaban J connectivity index is 2.06. The Labute approximate surface area is 96.2 Å². The van der Waals surface area contributed by atoms with Gasteiger partial charge in [-0.1, -0.05) is 20.3 Å². The average Bonchev–Trinajstić information content (AvgIpc) is 2.67. The first kappa shape index (κ1) is 11.5. The van der Waals surface area contributed by atoms with Crippen molar-refractivity contribution in [2.24, 2.45) is 17.8 Å². The van der Waals surface area contributed by atoms with Crippen molar-refractivity contribution >= 4 is 5.82 Å². The molecule has 0 saturated heterocycles. The molecule has 4 nitrogen and oxygen atoms in total. The van der Waals surface area contributed by atoms with Crippen LogP contribution in [0.2, 0.25) is 0 Å². The van der Waals surface area contributed by atoms with Crippen LogP contribution in [0.15, 0.2) is 6.20 Å². The summed E-state index contributed by atoms with van der Waals surface area (Å²) in [6.07, 6.45) is 4.53. The lowest BCUT2D eigenvalue weighted by Crippen LogP contribution is -2.25. The molecule has 1 saturated carbocycles. The largest absolute Gasteiger partial charge is 0.388 e. The number of nitrogens with zero attached hydrogens (tertiary/aromatic N) is 1. The third-order valence-electron chi connectivity index (χ3n) is 4.10. The van der Waals surface area contributed by atoms with Crippen LogP contribution in [0.3, 0.4) is 0 Å². The summed E-state index contributed by atoms with van der Waals surface area (Å²) >= 11 is 0. The minimum Gasteiger partial charge on any atom is -0.388 e. The summed E-state index contributed by atoms with van der Waals surface area (Å²) in [6.45, 7) is 4.56. The predicted octanol–water partition coefficient (Wildman–Crippen LogP) is 2.10. The molecule has 0 aliphatic heterocycles. The number of aliphatic hydroxyl groups excluding tert-OH is 1. The highest BCUT2D eigenvalue weighted by Gasteiger charge is 2.31. The predicted molar refractivity (Wildman–Crippen MR) is 63.6 cm³/mol. The topological polar surface area (TPSA) is 74.9 Å². The van der Waals surface area contributed by atoms with Crippen molar-refractivity contribution in [1.82, 2.24) is 10.2 Å². The maximum absolute atomic E-state index is 10.3. The van der Waals surface area contributed by atoms with Crippen molar-refractivity contribution < 1.29 is 5.11 Å². The van der Waals surface area contributed by atoms with Crippen LogP contribution in [-0.2, 0) is 0 Å². The van der Waals surface area contributed by atoms with Crippen LogP contribution in [-0.4, -0.2) is 15.3 Å². The summed E-state index contributed by atoms with van der Waals surface area (Å²) < 4.78 is 0. The average molecular weight is 223 g/mol. The quantitative estimate of drug-likeness (QED) is 0.718. The van der Waals surface area contributed by atoms with Gasteiger partial charge in [0.25, 0.3) is 0 Å². The van der Waals surface area contributed by atoms with Gasteiger partial charge in [-0.2, -0.15) is 5.10 Å². The molecule has 4 atom stereocenters. The minimum atomic E-state index is -0.464. The number of nitrogen functional groups attached to an aromatic ring is 1. The van der Waals surface area contributed by atoms with Crippen LogP contribution in [0.25, 0.3) is 0 Å². The van der Waals surface area contributed by atoms with E-state index in [1.807, 2.05) is 0 Å². The third-order valence-corrected chi connectivity index (χ3v) is 4.10. The van der Waals surface area contributed by atoms with Crippen LogP contribution in [0.1, 0.15) is 44.8 Å². The highest BCUT2D eigenvalue weighted by atomic mass is 16.3. The van der Waals surface area contributed by atoms with Crippen LogP contribution in [0.4, 0.5) is 5.82 Å². The first-order chi connectivity index (χ1) is 7.59. The van der Waals surface area contributed by atoms with Gasteiger partial charge in [-0.25, -0.2) is 0 Å². The number of aliphatic hydroxyl groups is 1. The molecular formula is C12H21N3O. The van der Waals surface area contributed by atoms with E-state index in [1.165, 1.54) is 6.42 Å². The number of hydrogen-bond donors (Lipinski definition) is 3. The number of hydrogen-bond acceptors (Lipinski definition) is 3. The molecule has 0 amide bonds. The highest BCUT2D eigenvalue weighted by molar-refractivity contribution is 5.38. The smallest absolute Gasteiger partial charge is 0.124 e. The van der Waals surface area contributed by atoms with Gasteiger partial charge in [-0.05, 0) is 30.6 Å². The molecule has 1 aromatic heterocycles. The Bertz CT molecular complexity index is 350. The van der Waals surface area contributed by atoms with E-state index in [2.05, 4.69) is 24.0 Å². The molecule has 4 N–H and O–H groups in total. The molecule has 1 fully saturated rings. The molecular weight excluding hydrogens is 202 g/mol. The number of aromatic nitrogens is 2. The minimum absolute atomic E-state index is 0.325. The summed E-state index contributed by atoms with van der Waals surface area (Å²) in [5.74, 6) is 2.27. The standard InChI is InChI=1S/C12H21N3O/c1-7-3-4-9(5-8(7)2)11(16)10-6-14-15-12(10)13/h6-9,11,16H,3-5H2,1-2H3,(H3,13,14,15). The van der Waals surface area contributed by atoms with E-state index in [-0.39, 0.29) is 0 Å². The molecule has 2 rings (SSSR count). The maximum atomic E-state index is 10.3. The van der Waals surface area contributed by atoms with Crippen molar-refractivity contribution in [2.75, 3.05) is 5.73 Å². The van der Waals surface area contributed by atoms with E-state index < -0.39 is 6.10 Å². The second-order valence-corrected chi connectivity index (χ2v) is 5.21. The summed E-state index contributed by atoms with van der Waals surface area (Å²) in [7, 11) is 0. The number of nitrogens with two attached hydrogens (primary N) is 1. The zero-order valence-electron chi connectivity index (χ0n) is 9.98. The van der Waals surface area contributed by atoms with E-state index >= 15 is 0 Å². The SMILES string of the molecule is CC1CCC(C(O)c2cn[nH]c2N)CC1C. The lowest BCUT2D eigenvalue weighted by Gasteiger charge is -2.34. The van der Waals surface area contributed by atoms with Gasteiger partial charge in [0, 0.05) is 5.56 Å². The second-order valence-electron chi connectivity index (χ2n) is 5.21. The van der Waals surface area contributed by atoms with Crippen LogP contribution >= 0.6 is 0 Å². The highest BCUT2D eigenvalue weighted by Crippen LogP contribution is 2.40. The van der Waals surface area contributed by atoms with Crippen molar-refractivity contribution in [3.8, 4) is 0 Å². The summed E-state index contributed by atoms with van der Waals surface area (Å²) in [5, 5.41) is 16.8. The molecule has 0 radical (unpaired) electrons. The lowest BCUT2D eigenvalue weighted by atomic mass is 9.73. The molecule has 1 aromatic rings. The number of H-pyrrole nitrogens is 1. The van der Waals surface area contributed by atoms with Crippen molar-refractivity contribution in [1.29, 1.82) is 0 Å². The molecule has 1 aliphatic carbocycles. The van der Waals surface area contributed by atoms with Crippen LogP contribution in [0.5, 0.6) is 0 Å². The Morgan fingerprint density at radius 1 is 1.44 bits per heavy atom. The van der Waals surface area contributed by atoms with Gasteiger partial charge in [-0.15, -0.1) is 0 Å². The first-order valence-corrected chi connectivity index (χ1v) is 6.06. The van der Waals surface area contributed by atoms with E-state index in [4.69, 9.17) is 5.73 Å². The monoisotopic (exact) mass is 223 g/mol. The Morgan fingerprint density at radius 3 is 2.75 bits per heavy atom. The van der Waals surface area contributed by atoms with Crippen molar-refractivity contribution in [3.63, 3.8) is 0 Å². The number of nitrogens with one attached hydrogen (secondary N) is 1. The lowest BCUT2D eigenvalue weighted by molar-refractivity contribution is 0.0566. The Morgan fingerprint density at radius 2 is 2.19 bits per heavy atom. The van der Waals surface area contributed by atoms with Gasteiger partial charge in [0.1, 0.15) is 5.82 Å². The molecule has 1 aliphatic rings. The number of anilines is 1. The van der Waals surface area contributed by atoms with Crippen molar-refractivity contribution in [3.05, 3.63) is 11.8 Å². The molecule has 16 heavy (non-hydrogen) atoms. The van der Waals surface area contributed by atoms with Gasteiger partial charge in [0.2, 0.25) is 0 Å². The molecule has 4 heteroatoms. The number of rotatable bonds is 2. The summed E-state index contributed by atoms with van der Waals surface area (Å²) in [5.41, 5.74) is 6.49. The maximum Gasteiger partial charge on any atom is 0.124 e. The van der Waals surface area contributed by atoms with Crippen LogP contribution in [0, 0.1) is 17.8 Å². The van der Waals surface area contributed by atoms with Gasteiger partial charge >= 0.3 is 0 Å². The van der Waals surface area contributed by atoms with E-state index in [9.17, 15) is 5.11 Å². The van der Waals surface area contributed by atoms with Crippen LogP contribution < -0.4 is 5.73 Å². The summed E-state index contributed by atoms with van der Waals surface area (Å²) in [4.78, 5) is 0. The van der Waals surface area contributed by atoms with Gasteiger partial charge < -0.3 is 10.8 Å². The first-order valence-electron chi connectivity index (χ1n) is 6.06. The van der Waals surface area contributed by atoms with Gasteiger partial charge in [0.15, 0.2) is 0 Å².